The molecule has 4 rings (SSSR count). The van der Waals surface area contributed by atoms with Crippen molar-refractivity contribution in [1.29, 1.82) is 0 Å². The normalized spacial score (nSPS) is 26.1. The van der Waals surface area contributed by atoms with Crippen molar-refractivity contribution < 1.29 is 4.79 Å². The van der Waals surface area contributed by atoms with Crippen LogP contribution in [0.2, 0.25) is 0 Å². The predicted octanol–water partition coefficient (Wildman–Crippen LogP) is -1.56. The molecule has 4 atom stereocenters. The minimum absolute atomic E-state index is 0.0615. The van der Waals surface area contributed by atoms with Gasteiger partial charge in [0.1, 0.15) is 0 Å². The van der Waals surface area contributed by atoms with Gasteiger partial charge in [-0.3, -0.25) is 4.79 Å². The van der Waals surface area contributed by atoms with Crippen molar-refractivity contribution in [3.05, 3.63) is 29.8 Å². The summed E-state index contributed by atoms with van der Waals surface area (Å²) in [6.07, 6.45) is 1.50. The fraction of sp³-hybridized carbons (Fsp3) is 0.500. The summed E-state index contributed by atoms with van der Waals surface area (Å²) in [6, 6.07) is 6.51. The fourth-order valence-corrected chi connectivity index (χ4v) is 4.22. The molecule has 0 spiro atoms. The molecule has 0 bridgehead atoms. The molecule has 0 radical (unpaired) electrons. The van der Waals surface area contributed by atoms with Crippen LogP contribution < -0.4 is 43.8 Å². The quantitative estimate of drug-likeness (QED) is 0.313. The van der Waals surface area contributed by atoms with Gasteiger partial charge in [0, 0.05) is 61.6 Å². The Bertz CT molecular complexity index is 889. The zero-order valence-corrected chi connectivity index (χ0v) is 17.9. The van der Waals surface area contributed by atoms with Gasteiger partial charge in [-0.25, -0.2) is 0 Å². The van der Waals surface area contributed by atoms with Crippen molar-refractivity contribution >= 4 is 29.4 Å². The largest absolute Gasteiger partial charge is 0.366 e. The standard InChI is InChI=1S/C20H31N11O/c21-12-5-13(22)8-30(7-12)19-27-18(26-16-3-1-11(2-4-16)17(25)32)28-20(29-19)31-9-14(23)6-15(24)10-31/h1-4,12-15H,5-10,21-24H2,(H2,25,32)(H,26,27,28,29). The molecule has 2 aliphatic rings. The number of primary amides is 1. The lowest BCUT2D eigenvalue weighted by atomic mass is 10.0. The van der Waals surface area contributed by atoms with E-state index in [1.54, 1.807) is 24.3 Å². The molecule has 2 aliphatic heterocycles. The Labute approximate surface area is 186 Å². The Kier molecular flexibility index (Phi) is 6.37. The molecule has 3 heterocycles. The Balaban J connectivity index is 1.65. The maximum Gasteiger partial charge on any atom is 0.248 e. The highest BCUT2D eigenvalue weighted by Crippen LogP contribution is 2.24. The Morgan fingerprint density at radius 3 is 1.62 bits per heavy atom. The topological polar surface area (TPSA) is 204 Å². The van der Waals surface area contributed by atoms with Crippen LogP contribution in [0.1, 0.15) is 23.2 Å². The summed E-state index contributed by atoms with van der Waals surface area (Å²) in [5.41, 5.74) is 31.2. The van der Waals surface area contributed by atoms with E-state index in [4.69, 9.17) is 33.7 Å². The minimum Gasteiger partial charge on any atom is -0.366 e. The molecule has 2 aromatic rings. The lowest BCUT2D eigenvalue weighted by Crippen LogP contribution is -2.54. The van der Waals surface area contributed by atoms with E-state index in [2.05, 4.69) is 15.3 Å². The molecule has 32 heavy (non-hydrogen) atoms. The number of benzene rings is 1. The predicted molar refractivity (Wildman–Crippen MR) is 124 cm³/mol. The minimum atomic E-state index is -0.489. The lowest BCUT2D eigenvalue weighted by molar-refractivity contribution is 0.100. The van der Waals surface area contributed by atoms with Gasteiger partial charge in [-0.2, -0.15) is 15.0 Å². The van der Waals surface area contributed by atoms with Crippen molar-refractivity contribution in [3.63, 3.8) is 0 Å². The summed E-state index contributed by atoms with van der Waals surface area (Å²) in [7, 11) is 0. The summed E-state index contributed by atoms with van der Waals surface area (Å²) < 4.78 is 0. The number of aromatic nitrogens is 3. The molecule has 4 unspecified atom stereocenters. The van der Waals surface area contributed by atoms with Crippen LogP contribution in [0.15, 0.2) is 24.3 Å². The molecule has 0 saturated carbocycles. The fourth-order valence-electron chi connectivity index (χ4n) is 4.22. The molecular weight excluding hydrogens is 410 g/mol. The van der Waals surface area contributed by atoms with Gasteiger partial charge in [-0.15, -0.1) is 0 Å². The number of anilines is 4. The maximum absolute atomic E-state index is 11.3. The number of carbonyl (C=O) groups is 1. The Morgan fingerprint density at radius 2 is 1.22 bits per heavy atom. The summed E-state index contributed by atoms with van der Waals surface area (Å²) in [5.74, 6) is 0.850. The van der Waals surface area contributed by atoms with E-state index in [1.165, 1.54) is 0 Å². The molecule has 12 nitrogen and oxygen atoms in total. The monoisotopic (exact) mass is 441 g/mol. The van der Waals surface area contributed by atoms with Gasteiger partial charge in [-0.05, 0) is 37.1 Å². The highest BCUT2D eigenvalue weighted by atomic mass is 16.1. The number of hydrogen-bond acceptors (Lipinski definition) is 11. The second-order valence-corrected chi connectivity index (χ2v) is 8.65. The zero-order chi connectivity index (χ0) is 22.8. The first kappa shape index (κ1) is 22.1. The van der Waals surface area contributed by atoms with Crippen LogP contribution >= 0.6 is 0 Å². The number of nitrogens with two attached hydrogens (primary N) is 5. The number of hydrogen-bond donors (Lipinski definition) is 6. The molecule has 2 saturated heterocycles. The number of carbonyl (C=O) groups excluding carboxylic acids is 1. The van der Waals surface area contributed by atoms with Crippen molar-refractivity contribution in [3.8, 4) is 0 Å². The third kappa shape index (κ3) is 5.22. The van der Waals surface area contributed by atoms with E-state index in [-0.39, 0.29) is 24.2 Å². The van der Waals surface area contributed by atoms with Crippen molar-refractivity contribution in [1.82, 2.24) is 15.0 Å². The van der Waals surface area contributed by atoms with Crippen LogP contribution in [0.25, 0.3) is 0 Å². The lowest BCUT2D eigenvalue weighted by Gasteiger charge is -2.37. The molecule has 1 aromatic carbocycles. The van der Waals surface area contributed by atoms with E-state index >= 15 is 0 Å². The van der Waals surface area contributed by atoms with Crippen LogP contribution in [0.4, 0.5) is 23.5 Å². The maximum atomic E-state index is 11.3. The SMILES string of the molecule is NC(=O)c1ccc(Nc2nc(N3CC(N)CC(N)C3)nc(N3CC(N)CC(N)C3)n2)cc1. The zero-order valence-electron chi connectivity index (χ0n) is 17.9. The van der Waals surface area contributed by atoms with E-state index < -0.39 is 5.91 Å². The molecule has 11 N–H and O–H groups in total. The smallest absolute Gasteiger partial charge is 0.248 e. The molecule has 2 fully saturated rings. The summed E-state index contributed by atoms with van der Waals surface area (Å²) in [4.78, 5) is 29.2. The van der Waals surface area contributed by atoms with Crippen LogP contribution in [0.5, 0.6) is 0 Å². The summed E-state index contributed by atoms with van der Waals surface area (Å²) in [6.45, 7) is 2.40. The number of rotatable bonds is 5. The number of amides is 1. The molecule has 12 heteroatoms. The first-order valence-electron chi connectivity index (χ1n) is 10.7. The van der Waals surface area contributed by atoms with Crippen LogP contribution in [0.3, 0.4) is 0 Å². The summed E-state index contributed by atoms with van der Waals surface area (Å²) >= 11 is 0. The van der Waals surface area contributed by atoms with Crippen molar-refractivity contribution in [2.75, 3.05) is 41.3 Å². The van der Waals surface area contributed by atoms with Crippen molar-refractivity contribution in [2.45, 2.75) is 37.0 Å². The number of nitrogens with one attached hydrogen (secondary N) is 1. The Morgan fingerprint density at radius 1 is 0.781 bits per heavy atom. The second kappa shape index (κ2) is 9.20. The number of piperidine rings is 2. The Hall–Kier alpha value is -3.06. The van der Waals surface area contributed by atoms with Gasteiger partial charge in [0.05, 0.1) is 0 Å². The van der Waals surface area contributed by atoms with E-state index in [0.29, 0.717) is 55.3 Å². The van der Waals surface area contributed by atoms with Gasteiger partial charge >= 0.3 is 0 Å². The van der Waals surface area contributed by atoms with Gasteiger partial charge in [0.2, 0.25) is 23.8 Å². The first-order chi connectivity index (χ1) is 15.3. The van der Waals surface area contributed by atoms with Gasteiger partial charge < -0.3 is 43.8 Å². The van der Waals surface area contributed by atoms with E-state index in [9.17, 15) is 4.79 Å². The van der Waals surface area contributed by atoms with Crippen molar-refractivity contribution in [2.24, 2.45) is 28.7 Å². The van der Waals surface area contributed by atoms with Gasteiger partial charge in [0.25, 0.3) is 0 Å². The van der Waals surface area contributed by atoms with E-state index in [1.807, 2.05) is 9.80 Å². The molecular formula is C20H31N11O. The van der Waals surface area contributed by atoms with Crippen LogP contribution in [0, 0.1) is 0 Å². The highest BCUT2D eigenvalue weighted by molar-refractivity contribution is 5.93. The average molecular weight is 442 g/mol. The third-order valence-electron chi connectivity index (χ3n) is 5.63. The van der Waals surface area contributed by atoms with Crippen LogP contribution in [-0.2, 0) is 0 Å². The molecule has 172 valence electrons. The second-order valence-electron chi connectivity index (χ2n) is 8.65. The van der Waals surface area contributed by atoms with E-state index in [0.717, 1.165) is 12.8 Å². The molecule has 1 amide bonds. The van der Waals surface area contributed by atoms with Gasteiger partial charge in [-0.1, -0.05) is 0 Å². The summed E-state index contributed by atoms with van der Waals surface area (Å²) in [5, 5.41) is 3.18. The van der Waals surface area contributed by atoms with Crippen LogP contribution in [-0.4, -0.2) is 71.2 Å². The highest BCUT2D eigenvalue weighted by Gasteiger charge is 2.28. The average Bonchev–Trinajstić information content (AvgIpc) is 2.72. The molecule has 0 aliphatic carbocycles. The third-order valence-corrected chi connectivity index (χ3v) is 5.63. The molecule has 1 aromatic heterocycles. The first-order valence-corrected chi connectivity index (χ1v) is 10.7. The van der Waals surface area contributed by atoms with Gasteiger partial charge in [0.15, 0.2) is 0 Å². The number of nitrogens with zero attached hydrogens (tertiary/aromatic N) is 5.